The number of benzene rings is 2. The summed E-state index contributed by atoms with van der Waals surface area (Å²) in [4.78, 5) is 35.0. The van der Waals surface area contributed by atoms with E-state index in [9.17, 15) is 28.1 Å². The Morgan fingerprint density at radius 3 is 2.37 bits per heavy atom. The van der Waals surface area contributed by atoms with Gasteiger partial charge in [-0.1, -0.05) is 6.07 Å². The minimum Gasteiger partial charge on any atom is -0.322 e. The standard InChI is InChI=1S/C24H22N4O6S/c29-23-3-1-2-22-18-12-16(14-27(22)23)13-26(15-18)35(33,34)21-10-6-19(7-11-21)25-24(30)17-4-8-20(9-5-17)28(31)32/h1-11,16,18H,12-15H2,(H,25,30)/t16-,18+/m0/s1. The number of pyridine rings is 1. The van der Waals surface area contributed by atoms with Gasteiger partial charge in [0.1, 0.15) is 0 Å². The van der Waals surface area contributed by atoms with E-state index in [1.54, 1.807) is 10.6 Å². The van der Waals surface area contributed by atoms with Crippen LogP contribution < -0.4 is 10.9 Å². The van der Waals surface area contributed by atoms with Crippen molar-refractivity contribution in [2.45, 2.75) is 23.8 Å². The third-order valence-electron chi connectivity index (χ3n) is 6.54. The minimum absolute atomic E-state index is 0.0357. The first-order valence-corrected chi connectivity index (χ1v) is 12.5. The maximum atomic E-state index is 13.4. The number of rotatable bonds is 5. The van der Waals surface area contributed by atoms with Crippen molar-refractivity contribution in [3.05, 3.63) is 98.5 Å². The summed E-state index contributed by atoms with van der Waals surface area (Å²) in [6.45, 7) is 1.16. The smallest absolute Gasteiger partial charge is 0.269 e. The van der Waals surface area contributed by atoms with Crippen LogP contribution in [-0.2, 0) is 16.6 Å². The number of hydrogen-bond acceptors (Lipinski definition) is 6. The van der Waals surface area contributed by atoms with Gasteiger partial charge in [0.05, 0.1) is 9.82 Å². The first kappa shape index (κ1) is 22.9. The van der Waals surface area contributed by atoms with Crippen molar-refractivity contribution >= 4 is 27.3 Å². The second-order valence-electron chi connectivity index (χ2n) is 8.80. The molecule has 3 aromatic rings. The first-order valence-electron chi connectivity index (χ1n) is 11.1. The van der Waals surface area contributed by atoms with E-state index in [1.165, 1.54) is 58.9 Å². The summed E-state index contributed by atoms with van der Waals surface area (Å²) < 4.78 is 29.9. The van der Waals surface area contributed by atoms with Crippen LogP contribution in [-0.4, -0.2) is 41.2 Å². The highest BCUT2D eigenvalue weighted by Gasteiger charge is 2.39. The number of aromatic nitrogens is 1. The molecule has 11 heteroatoms. The molecule has 1 fully saturated rings. The maximum absolute atomic E-state index is 13.4. The number of nitro benzene ring substituents is 1. The Morgan fingerprint density at radius 2 is 1.69 bits per heavy atom. The number of nitro groups is 1. The second kappa shape index (κ2) is 8.75. The Hall–Kier alpha value is -3.83. The van der Waals surface area contributed by atoms with Crippen molar-refractivity contribution in [3.63, 3.8) is 0 Å². The molecule has 2 aliphatic rings. The number of nitrogens with zero attached hydrogens (tertiary/aromatic N) is 3. The summed E-state index contributed by atoms with van der Waals surface area (Å²) in [5.41, 5.74) is 1.34. The van der Waals surface area contributed by atoms with Gasteiger partial charge in [0.2, 0.25) is 10.0 Å². The van der Waals surface area contributed by atoms with E-state index in [-0.39, 0.29) is 33.5 Å². The molecule has 3 heterocycles. The van der Waals surface area contributed by atoms with E-state index < -0.39 is 20.9 Å². The van der Waals surface area contributed by atoms with Gasteiger partial charge in [-0.2, -0.15) is 4.31 Å². The normalized spacial score (nSPS) is 19.5. The average molecular weight is 495 g/mol. The van der Waals surface area contributed by atoms with Gasteiger partial charge in [-0.05, 0) is 54.8 Å². The number of nitrogens with one attached hydrogen (secondary N) is 1. The van der Waals surface area contributed by atoms with Crippen LogP contribution in [0.2, 0.25) is 0 Å². The number of sulfonamides is 1. The number of amides is 1. The van der Waals surface area contributed by atoms with Gasteiger partial charge in [-0.25, -0.2) is 8.42 Å². The molecule has 0 radical (unpaired) electrons. The molecular weight excluding hydrogens is 472 g/mol. The first-order chi connectivity index (χ1) is 16.7. The largest absolute Gasteiger partial charge is 0.322 e. The molecule has 1 aromatic heterocycles. The molecule has 10 nitrogen and oxygen atoms in total. The molecular formula is C24H22N4O6S. The Morgan fingerprint density at radius 1 is 0.971 bits per heavy atom. The number of hydrogen-bond donors (Lipinski definition) is 1. The van der Waals surface area contributed by atoms with Crippen LogP contribution in [0.15, 0.2) is 76.4 Å². The maximum Gasteiger partial charge on any atom is 0.269 e. The number of fused-ring (bicyclic) bond motifs is 4. The summed E-state index contributed by atoms with van der Waals surface area (Å²) in [5, 5.41) is 13.4. The van der Waals surface area contributed by atoms with E-state index in [2.05, 4.69) is 5.32 Å². The van der Waals surface area contributed by atoms with E-state index in [4.69, 9.17) is 0 Å². The van der Waals surface area contributed by atoms with E-state index >= 15 is 0 Å². The average Bonchev–Trinajstić information content (AvgIpc) is 2.85. The van der Waals surface area contributed by atoms with Crippen LogP contribution in [0.1, 0.15) is 28.4 Å². The third-order valence-corrected chi connectivity index (χ3v) is 8.38. The fourth-order valence-electron chi connectivity index (χ4n) is 4.85. The molecule has 35 heavy (non-hydrogen) atoms. The summed E-state index contributed by atoms with van der Waals surface area (Å²) in [6.07, 6.45) is 0.850. The van der Waals surface area contributed by atoms with E-state index in [0.29, 0.717) is 25.3 Å². The summed E-state index contributed by atoms with van der Waals surface area (Å²) in [5.74, 6) is -0.434. The molecule has 1 saturated heterocycles. The van der Waals surface area contributed by atoms with Gasteiger partial charge in [0.15, 0.2) is 0 Å². The van der Waals surface area contributed by atoms with Gasteiger partial charge < -0.3 is 9.88 Å². The molecule has 5 rings (SSSR count). The van der Waals surface area contributed by atoms with Crippen LogP contribution in [0.25, 0.3) is 0 Å². The van der Waals surface area contributed by atoms with Crippen LogP contribution >= 0.6 is 0 Å². The van der Waals surface area contributed by atoms with Crippen LogP contribution in [0.4, 0.5) is 11.4 Å². The zero-order chi connectivity index (χ0) is 24.7. The Labute approximate surface area is 201 Å². The quantitative estimate of drug-likeness (QED) is 0.429. The predicted molar refractivity (Wildman–Crippen MR) is 128 cm³/mol. The molecule has 1 amide bonds. The van der Waals surface area contributed by atoms with Crippen molar-refractivity contribution in [1.82, 2.24) is 8.87 Å². The molecule has 2 bridgehead atoms. The lowest BCUT2D eigenvalue weighted by Gasteiger charge is -2.42. The van der Waals surface area contributed by atoms with E-state index in [1.807, 2.05) is 6.07 Å². The van der Waals surface area contributed by atoms with Gasteiger partial charge in [0, 0.05) is 60.7 Å². The van der Waals surface area contributed by atoms with Gasteiger partial charge in [-0.3, -0.25) is 19.7 Å². The fourth-order valence-corrected chi connectivity index (χ4v) is 6.41. The zero-order valence-corrected chi connectivity index (χ0v) is 19.3. The van der Waals surface area contributed by atoms with Crippen molar-refractivity contribution < 1.29 is 18.1 Å². The van der Waals surface area contributed by atoms with Crippen LogP contribution in [0.5, 0.6) is 0 Å². The van der Waals surface area contributed by atoms with Crippen LogP contribution in [0, 0.1) is 16.0 Å². The lowest BCUT2D eigenvalue weighted by atomic mass is 9.84. The molecule has 0 aliphatic carbocycles. The molecule has 1 N–H and O–H groups in total. The molecule has 0 spiro atoms. The third kappa shape index (κ3) is 4.35. The zero-order valence-electron chi connectivity index (χ0n) is 18.5. The van der Waals surface area contributed by atoms with Crippen molar-refractivity contribution in [1.29, 1.82) is 0 Å². The minimum atomic E-state index is -3.76. The fraction of sp³-hybridized carbons (Fsp3) is 0.250. The SMILES string of the molecule is O=C(Nc1ccc(S(=O)(=O)N2C[C@@H]3C[C@H](C2)c2cccc(=O)n2C3)cc1)c1ccc([N+](=O)[O-])cc1. The molecule has 2 atom stereocenters. The summed E-state index contributed by atoms with van der Waals surface area (Å²) >= 11 is 0. The highest BCUT2D eigenvalue weighted by atomic mass is 32.2. The monoisotopic (exact) mass is 494 g/mol. The van der Waals surface area contributed by atoms with Crippen molar-refractivity contribution in [2.75, 3.05) is 18.4 Å². The van der Waals surface area contributed by atoms with Gasteiger partial charge in [-0.15, -0.1) is 0 Å². The number of carbonyl (C=O) groups excluding carboxylic acids is 1. The molecule has 2 aliphatic heterocycles. The van der Waals surface area contributed by atoms with Gasteiger partial charge in [0.25, 0.3) is 17.2 Å². The van der Waals surface area contributed by atoms with Crippen LogP contribution in [0.3, 0.4) is 0 Å². The molecule has 0 unspecified atom stereocenters. The highest BCUT2D eigenvalue weighted by molar-refractivity contribution is 7.89. The Kier molecular flexibility index (Phi) is 5.73. The second-order valence-corrected chi connectivity index (χ2v) is 10.7. The topological polar surface area (TPSA) is 132 Å². The number of non-ortho nitro benzene ring substituents is 1. The number of carbonyl (C=O) groups is 1. The molecule has 180 valence electrons. The predicted octanol–water partition coefficient (Wildman–Crippen LogP) is 2.82. The van der Waals surface area contributed by atoms with Crippen molar-refractivity contribution in [2.24, 2.45) is 5.92 Å². The number of anilines is 1. The molecule has 0 saturated carbocycles. The molecule has 2 aromatic carbocycles. The number of piperidine rings is 1. The Balaban J connectivity index is 1.30. The summed E-state index contributed by atoms with van der Waals surface area (Å²) in [7, 11) is -3.76. The lowest BCUT2D eigenvalue weighted by molar-refractivity contribution is -0.384. The summed E-state index contributed by atoms with van der Waals surface area (Å²) in [6, 6.07) is 16.2. The highest BCUT2D eigenvalue weighted by Crippen LogP contribution is 2.37. The van der Waals surface area contributed by atoms with Crippen molar-refractivity contribution in [3.8, 4) is 0 Å². The van der Waals surface area contributed by atoms with E-state index in [0.717, 1.165) is 12.1 Å². The Bertz CT molecular complexity index is 1470. The van der Waals surface area contributed by atoms with Gasteiger partial charge >= 0.3 is 0 Å². The lowest BCUT2D eigenvalue weighted by Crippen LogP contribution is -2.48.